The van der Waals surface area contributed by atoms with Crippen LogP contribution in [0, 0.1) is 0 Å². The van der Waals surface area contributed by atoms with Gasteiger partial charge < -0.3 is 10.4 Å². The molecule has 0 unspecified atom stereocenters. The van der Waals surface area contributed by atoms with Crippen LogP contribution < -0.4 is 5.32 Å². The zero-order valence-electron chi connectivity index (χ0n) is 11.9. The lowest BCUT2D eigenvalue weighted by Crippen LogP contribution is -2.27. The van der Waals surface area contributed by atoms with Crippen molar-refractivity contribution in [3.8, 4) is 11.3 Å². The Labute approximate surface area is 127 Å². The van der Waals surface area contributed by atoms with Gasteiger partial charge in [0.2, 0.25) is 0 Å². The van der Waals surface area contributed by atoms with Crippen LogP contribution in [0.25, 0.3) is 22.2 Å². The second kappa shape index (κ2) is 6.32. The van der Waals surface area contributed by atoms with Gasteiger partial charge in [-0.3, -0.25) is 14.8 Å². The minimum Gasteiger partial charge on any atom is -0.395 e. The van der Waals surface area contributed by atoms with Gasteiger partial charge in [0.25, 0.3) is 5.91 Å². The van der Waals surface area contributed by atoms with E-state index in [2.05, 4.69) is 15.3 Å². The van der Waals surface area contributed by atoms with Crippen molar-refractivity contribution in [2.75, 3.05) is 13.2 Å². The van der Waals surface area contributed by atoms with E-state index in [0.717, 1.165) is 10.9 Å². The number of aliphatic hydroxyl groups is 1. The summed E-state index contributed by atoms with van der Waals surface area (Å²) in [7, 11) is 0. The van der Waals surface area contributed by atoms with E-state index in [4.69, 9.17) is 5.11 Å². The zero-order chi connectivity index (χ0) is 15.4. The Hall–Kier alpha value is -2.79. The third kappa shape index (κ3) is 2.66. The molecule has 0 bridgehead atoms. The molecular formula is C17H15N3O2. The molecule has 3 aromatic rings. The first-order valence-electron chi connectivity index (χ1n) is 6.99. The topological polar surface area (TPSA) is 75.1 Å². The fourth-order valence-electron chi connectivity index (χ4n) is 2.36. The molecule has 1 amide bonds. The van der Waals surface area contributed by atoms with Crippen LogP contribution in [0.4, 0.5) is 0 Å². The van der Waals surface area contributed by atoms with Crippen LogP contribution in [0.5, 0.6) is 0 Å². The van der Waals surface area contributed by atoms with Gasteiger partial charge in [-0.25, -0.2) is 0 Å². The summed E-state index contributed by atoms with van der Waals surface area (Å²) >= 11 is 0. The molecule has 0 spiro atoms. The maximum absolute atomic E-state index is 12.5. The van der Waals surface area contributed by atoms with Crippen molar-refractivity contribution in [2.24, 2.45) is 0 Å². The predicted molar refractivity (Wildman–Crippen MR) is 84.4 cm³/mol. The van der Waals surface area contributed by atoms with E-state index in [0.29, 0.717) is 16.8 Å². The maximum Gasteiger partial charge on any atom is 0.252 e. The number of carbonyl (C=O) groups excluding carboxylic acids is 1. The molecule has 5 nitrogen and oxygen atoms in total. The highest BCUT2D eigenvalue weighted by molar-refractivity contribution is 6.11. The van der Waals surface area contributed by atoms with E-state index in [1.807, 2.05) is 42.5 Å². The van der Waals surface area contributed by atoms with Crippen molar-refractivity contribution in [3.63, 3.8) is 0 Å². The molecule has 0 radical (unpaired) electrons. The smallest absolute Gasteiger partial charge is 0.252 e. The molecule has 0 atom stereocenters. The minimum atomic E-state index is -0.242. The first-order chi connectivity index (χ1) is 10.8. The minimum absolute atomic E-state index is 0.103. The normalized spacial score (nSPS) is 10.6. The summed E-state index contributed by atoms with van der Waals surface area (Å²) in [4.78, 5) is 21.3. The van der Waals surface area contributed by atoms with Crippen molar-refractivity contribution in [2.45, 2.75) is 0 Å². The summed E-state index contributed by atoms with van der Waals surface area (Å²) in [6.07, 6.45) is 3.35. The summed E-state index contributed by atoms with van der Waals surface area (Å²) in [5, 5.41) is 12.4. The number of para-hydroxylation sites is 1. The van der Waals surface area contributed by atoms with Gasteiger partial charge in [0.1, 0.15) is 0 Å². The van der Waals surface area contributed by atoms with Crippen molar-refractivity contribution in [3.05, 3.63) is 60.4 Å². The van der Waals surface area contributed by atoms with Gasteiger partial charge in [0.05, 0.1) is 23.4 Å². The van der Waals surface area contributed by atoms with Gasteiger partial charge in [0, 0.05) is 29.9 Å². The van der Waals surface area contributed by atoms with Gasteiger partial charge in [-0.15, -0.1) is 0 Å². The number of nitrogens with zero attached hydrogens (tertiary/aromatic N) is 2. The van der Waals surface area contributed by atoms with Crippen LogP contribution in [0.3, 0.4) is 0 Å². The van der Waals surface area contributed by atoms with E-state index in [1.54, 1.807) is 12.4 Å². The summed E-state index contributed by atoms with van der Waals surface area (Å²) in [6.45, 7) is 0.102. The summed E-state index contributed by atoms with van der Waals surface area (Å²) in [5.41, 5.74) is 2.64. The average Bonchev–Trinajstić information content (AvgIpc) is 2.59. The quantitative estimate of drug-likeness (QED) is 0.771. The molecule has 0 aliphatic rings. The molecule has 110 valence electrons. The van der Waals surface area contributed by atoms with E-state index in [1.165, 1.54) is 0 Å². The standard InChI is InChI=1S/C17H15N3O2/c21-10-9-19-17(22)16-12-5-1-2-6-14(12)20-11-13(16)15-7-3-4-8-18-15/h1-8,11,21H,9-10H2,(H,19,22). The molecule has 1 aromatic carbocycles. The van der Waals surface area contributed by atoms with Crippen LogP contribution in [-0.4, -0.2) is 34.1 Å². The lowest BCUT2D eigenvalue weighted by atomic mass is 10.00. The molecule has 2 N–H and O–H groups in total. The number of benzene rings is 1. The Morgan fingerprint density at radius 3 is 2.68 bits per heavy atom. The van der Waals surface area contributed by atoms with Crippen LogP contribution >= 0.6 is 0 Å². The third-order valence-corrected chi connectivity index (χ3v) is 3.34. The van der Waals surface area contributed by atoms with Gasteiger partial charge >= 0.3 is 0 Å². The SMILES string of the molecule is O=C(NCCO)c1c(-c2ccccn2)cnc2ccccc12. The Morgan fingerprint density at radius 2 is 1.91 bits per heavy atom. The highest BCUT2D eigenvalue weighted by Crippen LogP contribution is 2.27. The van der Waals surface area contributed by atoms with Crippen LogP contribution in [0.1, 0.15) is 10.4 Å². The highest BCUT2D eigenvalue weighted by Gasteiger charge is 2.17. The van der Waals surface area contributed by atoms with Gasteiger partial charge in [0.15, 0.2) is 0 Å². The van der Waals surface area contributed by atoms with E-state index in [-0.39, 0.29) is 19.1 Å². The van der Waals surface area contributed by atoms with E-state index in [9.17, 15) is 4.79 Å². The van der Waals surface area contributed by atoms with Crippen molar-refractivity contribution in [1.82, 2.24) is 15.3 Å². The fourth-order valence-corrected chi connectivity index (χ4v) is 2.36. The van der Waals surface area contributed by atoms with E-state index >= 15 is 0 Å². The van der Waals surface area contributed by atoms with Crippen molar-refractivity contribution in [1.29, 1.82) is 0 Å². The number of amides is 1. The van der Waals surface area contributed by atoms with Crippen molar-refractivity contribution >= 4 is 16.8 Å². The largest absolute Gasteiger partial charge is 0.395 e. The molecule has 0 aliphatic carbocycles. The first-order valence-corrected chi connectivity index (χ1v) is 6.99. The number of fused-ring (bicyclic) bond motifs is 1. The molecule has 0 fully saturated rings. The van der Waals surface area contributed by atoms with Gasteiger partial charge in [-0.05, 0) is 18.2 Å². The number of rotatable bonds is 4. The van der Waals surface area contributed by atoms with Gasteiger partial charge in [-0.1, -0.05) is 24.3 Å². The number of nitrogens with one attached hydrogen (secondary N) is 1. The number of aromatic nitrogens is 2. The zero-order valence-corrected chi connectivity index (χ0v) is 11.9. The lowest BCUT2D eigenvalue weighted by Gasteiger charge is -2.12. The Kier molecular flexibility index (Phi) is 4.07. The van der Waals surface area contributed by atoms with Gasteiger partial charge in [-0.2, -0.15) is 0 Å². The number of aliphatic hydroxyl groups excluding tert-OH is 1. The molecule has 5 heteroatoms. The van der Waals surface area contributed by atoms with E-state index < -0.39 is 0 Å². The third-order valence-electron chi connectivity index (χ3n) is 3.34. The first kappa shape index (κ1) is 14.2. The predicted octanol–water partition coefficient (Wildman–Crippen LogP) is 2.02. The molecule has 22 heavy (non-hydrogen) atoms. The second-order valence-electron chi connectivity index (χ2n) is 4.76. The molecule has 0 saturated heterocycles. The molecule has 3 rings (SSSR count). The number of carbonyl (C=O) groups is 1. The molecule has 2 aromatic heterocycles. The molecule has 2 heterocycles. The summed E-state index contributed by atoms with van der Waals surface area (Å²) in [6, 6.07) is 13.0. The van der Waals surface area contributed by atoms with Crippen molar-refractivity contribution < 1.29 is 9.90 Å². The Balaban J connectivity index is 2.21. The van der Waals surface area contributed by atoms with Crippen LogP contribution in [-0.2, 0) is 0 Å². The molecule has 0 saturated carbocycles. The number of pyridine rings is 2. The monoisotopic (exact) mass is 293 g/mol. The van der Waals surface area contributed by atoms with Crippen LogP contribution in [0.2, 0.25) is 0 Å². The maximum atomic E-state index is 12.5. The highest BCUT2D eigenvalue weighted by atomic mass is 16.3. The summed E-state index contributed by atoms with van der Waals surface area (Å²) in [5.74, 6) is -0.242. The van der Waals surface area contributed by atoms with Crippen LogP contribution in [0.15, 0.2) is 54.9 Å². The molecular weight excluding hydrogens is 278 g/mol. The Morgan fingerprint density at radius 1 is 1.09 bits per heavy atom. The average molecular weight is 293 g/mol. The summed E-state index contributed by atoms with van der Waals surface area (Å²) < 4.78 is 0. The molecule has 0 aliphatic heterocycles. The number of hydrogen-bond acceptors (Lipinski definition) is 4. The lowest BCUT2D eigenvalue weighted by molar-refractivity contribution is 0.0947. The number of hydrogen-bond donors (Lipinski definition) is 2. The Bertz CT molecular complexity index is 803. The second-order valence-corrected chi connectivity index (χ2v) is 4.76. The fraction of sp³-hybridized carbons (Fsp3) is 0.118.